The summed E-state index contributed by atoms with van der Waals surface area (Å²) in [5.41, 5.74) is 5.64. The van der Waals surface area contributed by atoms with Gasteiger partial charge in [0.05, 0.1) is 22.8 Å². The van der Waals surface area contributed by atoms with Gasteiger partial charge in [-0.1, -0.05) is 19.3 Å². The molecule has 6 heterocycles. The Bertz CT molecular complexity index is 1660. The molecule has 0 bridgehead atoms. The van der Waals surface area contributed by atoms with Crippen LogP contribution in [-0.2, 0) is 4.79 Å². The molecule has 7 rings (SSSR count). The van der Waals surface area contributed by atoms with E-state index in [1.165, 1.54) is 38.5 Å². The number of aromatic nitrogens is 7. The number of carbonyl (C=O) groups is 1. The van der Waals surface area contributed by atoms with Gasteiger partial charge in [0.2, 0.25) is 5.91 Å². The molecule has 3 N–H and O–H groups in total. The van der Waals surface area contributed by atoms with Crippen LogP contribution in [0.15, 0.2) is 43.0 Å². The molecule has 2 aliphatic rings. The van der Waals surface area contributed by atoms with Crippen LogP contribution in [0.2, 0.25) is 0 Å². The first-order valence-corrected chi connectivity index (χ1v) is 14.4. The van der Waals surface area contributed by atoms with Gasteiger partial charge in [0.25, 0.3) is 0 Å². The highest BCUT2D eigenvalue weighted by atomic mass is 16.1. The largest absolute Gasteiger partial charge is 0.355 e. The minimum Gasteiger partial charge on any atom is -0.355 e. The molecule has 1 aliphatic heterocycles. The third kappa shape index (κ3) is 4.89. The van der Waals surface area contributed by atoms with Crippen molar-refractivity contribution in [2.24, 2.45) is 5.92 Å². The molecule has 0 spiro atoms. The van der Waals surface area contributed by atoms with Gasteiger partial charge in [-0.25, -0.2) is 15.0 Å². The first kappa shape index (κ1) is 24.7. The van der Waals surface area contributed by atoms with Gasteiger partial charge in [-0.15, -0.1) is 0 Å². The Morgan fingerprint density at radius 3 is 2.67 bits per heavy atom. The average Bonchev–Trinajstić information content (AvgIpc) is 3.62. The van der Waals surface area contributed by atoms with E-state index >= 15 is 0 Å². The Labute approximate surface area is 232 Å². The molecule has 5 aromatic rings. The number of H-pyrrole nitrogens is 2. The zero-order chi connectivity index (χ0) is 26.9. The van der Waals surface area contributed by atoms with Crippen LogP contribution in [0, 0.1) is 5.92 Å². The number of amides is 1. The number of fused-ring (bicyclic) bond motifs is 2. The number of imidazole rings is 1. The zero-order valence-corrected chi connectivity index (χ0v) is 22.5. The van der Waals surface area contributed by atoms with Crippen molar-refractivity contribution < 1.29 is 4.79 Å². The van der Waals surface area contributed by atoms with Crippen molar-refractivity contribution in [1.82, 2.24) is 35.1 Å². The molecule has 1 saturated heterocycles. The summed E-state index contributed by atoms with van der Waals surface area (Å²) in [6.07, 6.45) is 17.3. The van der Waals surface area contributed by atoms with Crippen molar-refractivity contribution in [2.75, 3.05) is 23.3 Å². The molecule has 204 valence electrons. The van der Waals surface area contributed by atoms with Crippen molar-refractivity contribution in [3.8, 4) is 22.6 Å². The second-order valence-corrected chi connectivity index (χ2v) is 11.1. The summed E-state index contributed by atoms with van der Waals surface area (Å²) in [7, 11) is 0. The van der Waals surface area contributed by atoms with Crippen LogP contribution >= 0.6 is 0 Å². The van der Waals surface area contributed by atoms with Crippen LogP contribution in [0.1, 0.15) is 57.8 Å². The van der Waals surface area contributed by atoms with Gasteiger partial charge in [-0.3, -0.25) is 14.9 Å². The summed E-state index contributed by atoms with van der Waals surface area (Å²) in [5.74, 6) is 2.14. The minimum atomic E-state index is 0.0554. The number of carbonyl (C=O) groups excluding carboxylic acids is 1. The molecule has 40 heavy (non-hydrogen) atoms. The average molecular weight is 536 g/mol. The van der Waals surface area contributed by atoms with Crippen LogP contribution in [0.5, 0.6) is 0 Å². The maximum absolute atomic E-state index is 12.7. The van der Waals surface area contributed by atoms with Gasteiger partial charge in [0, 0.05) is 49.2 Å². The fourth-order valence-electron chi connectivity index (χ4n) is 6.14. The fraction of sp³-hybridized carbons (Fsp3) is 0.400. The highest BCUT2D eigenvalue weighted by molar-refractivity contribution is 5.96. The summed E-state index contributed by atoms with van der Waals surface area (Å²) in [5, 5.41) is 11.5. The molecule has 1 aliphatic carbocycles. The van der Waals surface area contributed by atoms with Gasteiger partial charge >= 0.3 is 0 Å². The van der Waals surface area contributed by atoms with E-state index in [0.29, 0.717) is 35.2 Å². The van der Waals surface area contributed by atoms with Gasteiger partial charge in [-0.2, -0.15) is 5.10 Å². The highest BCUT2D eigenvalue weighted by Gasteiger charge is 2.21. The standard InChI is InChI=1S/C30H33N9O/c40-25(13-19-7-3-1-4-8-19)34-22-14-20(16-31-18-22)21-15-23-26(37-38-28(23)33-17-21)29-35-24-9-10-32-30(27(24)36-29)39-11-5-2-6-12-39/h9-10,14-19H,1-8,11-13H2,(H,34,40)(H,35,36)(H,33,37,38). The third-order valence-corrected chi connectivity index (χ3v) is 8.23. The van der Waals surface area contributed by atoms with Crippen molar-refractivity contribution in [3.05, 3.63) is 43.0 Å². The van der Waals surface area contributed by atoms with Crippen LogP contribution < -0.4 is 10.2 Å². The highest BCUT2D eigenvalue weighted by Crippen LogP contribution is 2.32. The van der Waals surface area contributed by atoms with E-state index < -0.39 is 0 Å². The number of piperidine rings is 1. The molecule has 0 aromatic carbocycles. The Kier molecular flexibility index (Phi) is 6.59. The first-order valence-electron chi connectivity index (χ1n) is 14.4. The van der Waals surface area contributed by atoms with Gasteiger partial charge < -0.3 is 15.2 Å². The minimum absolute atomic E-state index is 0.0554. The van der Waals surface area contributed by atoms with E-state index in [9.17, 15) is 4.79 Å². The normalized spacial score (nSPS) is 16.6. The Morgan fingerprint density at radius 2 is 1.80 bits per heavy atom. The summed E-state index contributed by atoms with van der Waals surface area (Å²) in [6.45, 7) is 2.00. The van der Waals surface area contributed by atoms with Crippen molar-refractivity contribution in [2.45, 2.75) is 57.8 Å². The smallest absolute Gasteiger partial charge is 0.224 e. The lowest BCUT2D eigenvalue weighted by atomic mass is 9.87. The SMILES string of the molecule is O=C(CC1CCCCC1)Nc1cncc(-c2cnc3[nH]nc(-c4nc5c(N6CCCCC6)nccc5[nH]4)c3c2)c1. The number of pyridine rings is 3. The maximum atomic E-state index is 12.7. The van der Waals surface area contributed by atoms with Crippen LogP contribution in [0.3, 0.4) is 0 Å². The number of aromatic amines is 2. The summed E-state index contributed by atoms with van der Waals surface area (Å²) < 4.78 is 0. The zero-order valence-electron chi connectivity index (χ0n) is 22.5. The molecular weight excluding hydrogens is 502 g/mol. The second kappa shape index (κ2) is 10.7. The van der Waals surface area contributed by atoms with Gasteiger partial charge in [-0.05, 0) is 56.2 Å². The third-order valence-electron chi connectivity index (χ3n) is 8.23. The number of hydrogen-bond acceptors (Lipinski definition) is 7. The maximum Gasteiger partial charge on any atom is 0.224 e. The van der Waals surface area contributed by atoms with E-state index in [-0.39, 0.29) is 5.91 Å². The number of hydrogen-bond donors (Lipinski definition) is 3. The Morgan fingerprint density at radius 1 is 0.975 bits per heavy atom. The lowest BCUT2D eigenvalue weighted by Gasteiger charge is -2.27. The Hall–Kier alpha value is -4.34. The molecule has 0 atom stereocenters. The molecule has 5 aromatic heterocycles. The molecule has 0 radical (unpaired) electrons. The molecule has 1 saturated carbocycles. The van der Waals surface area contributed by atoms with Crippen molar-refractivity contribution in [1.29, 1.82) is 0 Å². The number of anilines is 2. The van der Waals surface area contributed by atoms with E-state index in [4.69, 9.17) is 4.98 Å². The van der Waals surface area contributed by atoms with E-state index in [1.807, 2.05) is 24.4 Å². The molecule has 0 unspecified atom stereocenters. The number of nitrogens with zero attached hydrogens (tertiary/aromatic N) is 6. The first-order chi connectivity index (χ1) is 19.7. The van der Waals surface area contributed by atoms with E-state index in [2.05, 4.69) is 40.3 Å². The molecule has 10 heteroatoms. The summed E-state index contributed by atoms with van der Waals surface area (Å²) in [4.78, 5) is 37.1. The lowest BCUT2D eigenvalue weighted by molar-refractivity contribution is -0.117. The fourth-order valence-corrected chi connectivity index (χ4v) is 6.14. The van der Waals surface area contributed by atoms with Crippen molar-refractivity contribution in [3.63, 3.8) is 0 Å². The van der Waals surface area contributed by atoms with E-state index in [0.717, 1.165) is 59.3 Å². The molecule has 10 nitrogen and oxygen atoms in total. The van der Waals surface area contributed by atoms with Crippen molar-refractivity contribution >= 4 is 39.5 Å². The predicted octanol–water partition coefficient (Wildman–Crippen LogP) is 5.86. The second-order valence-electron chi connectivity index (χ2n) is 11.1. The molecule has 2 fully saturated rings. The van der Waals surface area contributed by atoms with Gasteiger partial charge in [0.15, 0.2) is 17.3 Å². The van der Waals surface area contributed by atoms with E-state index in [1.54, 1.807) is 18.6 Å². The van der Waals surface area contributed by atoms with Crippen LogP contribution in [-0.4, -0.2) is 54.1 Å². The van der Waals surface area contributed by atoms with Crippen LogP contribution in [0.4, 0.5) is 11.5 Å². The summed E-state index contributed by atoms with van der Waals surface area (Å²) in [6, 6.07) is 5.95. The molecule has 1 amide bonds. The van der Waals surface area contributed by atoms with Gasteiger partial charge in [0.1, 0.15) is 11.2 Å². The topological polar surface area (TPSA) is 128 Å². The monoisotopic (exact) mass is 535 g/mol. The predicted molar refractivity (Wildman–Crippen MR) is 156 cm³/mol. The lowest BCUT2D eigenvalue weighted by Crippen LogP contribution is -2.30. The van der Waals surface area contributed by atoms with Crippen LogP contribution in [0.25, 0.3) is 44.7 Å². The quantitative estimate of drug-likeness (QED) is 0.248. The Balaban J connectivity index is 1.17. The number of rotatable bonds is 6. The summed E-state index contributed by atoms with van der Waals surface area (Å²) >= 11 is 0. The molecular formula is C30H33N9O. The number of nitrogens with one attached hydrogen (secondary N) is 3.